The van der Waals surface area contributed by atoms with Crippen molar-refractivity contribution in [2.45, 2.75) is 45.8 Å². The lowest BCUT2D eigenvalue weighted by Crippen LogP contribution is -2.53. The second-order valence-electron chi connectivity index (χ2n) is 8.81. The third kappa shape index (κ3) is 4.51. The molecular weight excluding hydrogens is 433 g/mol. The van der Waals surface area contributed by atoms with Crippen LogP contribution in [-0.4, -0.2) is 41.2 Å². The van der Waals surface area contributed by atoms with Crippen LogP contribution in [0.25, 0.3) is 10.8 Å². The molecular formula is C27H28FN3O3. The Morgan fingerprint density at radius 3 is 2.35 bits per heavy atom. The van der Waals surface area contributed by atoms with E-state index in [0.717, 1.165) is 10.8 Å². The monoisotopic (exact) mass is 461 g/mol. The van der Waals surface area contributed by atoms with Gasteiger partial charge in [0.2, 0.25) is 11.8 Å². The third-order valence-electron chi connectivity index (χ3n) is 6.03. The normalized spacial score (nSPS) is 13.4. The van der Waals surface area contributed by atoms with Crippen molar-refractivity contribution >= 4 is 34.2 Å². The molecule has 34 heavy (non-hydrogen) atoms. The van der Waals surface area contributed by atoms with Gasteiger partial charge in [0, 0.05) is 23.5 Å². The Morgan fingerprint density at radius 1 is 1.03 bits per heavy atom. The van der Waals surface area contributed by atoms with Crippen LogP contribution in [0.1, 0.15) is 43.1 Å². The maximum Gasteiger partial charge on any atom is 0.259 e. The first-order chi connectivity index (χ1) is 16.3. The van der Waals surface area contributed by atoms with Gasteiger partial charge in [-0.1, -0.05) is 43.3 Å². The van der Waals surface area contributed by atoms with E-state index in [2.05, 4.69) is 5.32 Å². The third-order valence-corrected chi connectivity index (χ3v) is 6.03. The fourth-order valence-corrected chi connectivity index (χ4v) is 4.45. The molecule has 1 atom stereocenters. The molecule has 1 heterocycles. The molecule has 0 aliphatic carbocycles. The number of hydrogen-bond donors (Lipinski definition) is 1. The minimum Gasteiger partial charge on any atom is -0.352 e. The minimum absolute atomic E-state index is 0.0865. The molecule has 0 fully saturated rings. The van der Waals surface area contributed by atoms with Crippen molar-refractivity contribution in [3.8, 4) is 0 Å². The van der Waals surface area contributed by atoms with Gasteiger partial charge in [0.25, 0.3) is 5.91 Å². The number of carbonyl (C=O) groups is 3. The van der Waals surface area contributed by atoms with Crippen LogP contribution < -0.4 is 10.2 Å². The molecule has 3 amide bonds. The number of carbonyl (C=O) groups excluding carboxylic acids is 3. The van der Waals surface area contributed by atoms with Crippen LogP contribution in [0.2, 0.25) is 0 Å². The van der Waals surface area contributed by atoms with E-state index in [-0.39, 0.29) is 42.7 Å². The molecule has 176 valence electrons. The topological polar surface area (TPSA) is 69.7 Å². The number of nitrogens with zero attached hydrogens (tertiary/aromatic N) is 2. The van der Waals surface area contributed by atoms with Gasteiger partial charge in [0.15, 0.2) is 0 Å². The van der Waals surface area contributed by atoms with Gasteiger partial charge in [-0.05, 0) is 55.5 Å². The zero-order chi connectivity index (χ0) is 24.4. The lowest BCUT2D eigenvalue weighted by molar-refractivity contribution is -0.140. The molecule has 0 bridgehead atoms. The van der Waals surface area contributed by atoms with Gasteiger partial charge < -0.3 is 10.2 Å². The van der Waals surface area contributed by atoms with Crippen molar-refractivity contribution in [2.24, 2.45) is 0 Å². The quantitative estimate of drug-likeness (QED) is 0.545. The second-order valence-corrected chi connectivity index (χ2v) is 8.81. The second kappa shape index (κ2) is 9.63. The highest BCUT2D eigenvalue weighted by atomic mass is 19.1. The van der Waals surface area contributed by atoms with Gasteiger partial charge in [0.05, 0.1) is 5.69 Å². The maximum atomic E-state index is 13.7. The molecule has 1 aliphatic heterocycles. The summed E-state index contributed by atoms with van der Waals surface area (Å²) in [5, 5.41) is 4.65. The Bertz CT molecular complexity index is 1230. The molecule has 3 aromatic rings. The van der Waals surface area contributed by atoms with Crippen LogP contribution in [0.5, 0.6) is 0 Å². The zero-order valence-electron chi connectivity index (χ0n) is 19.5. The SMILES string of the molecule is CC[C@@H](C(=O)NC(C)C)N(Cc1ccc(F)cc1)C(=O)CN1C(=O)c2cccc3cccc1c23. The molecule has 1 aliphatic rings. The Morgan fingerprint density at radius 2 is 1.71 bits per heavy atom. The first-order valence-corrected chi connectivity index (χ1v) is 11.5. The molecule has 0 saturated carbocycles. The lowest BCUT2D eigenvalue weighted by Gasteiger charge is -2.32. The molecule has 3 aromatic carbocycles. The average Bonchev–Trinajstić information content (AvgIpc) is 3.07. The largest absolute Gasteiger partial charge is 0.352 e. The average molecular weight is 462 g/mol. The summed E-state index contributed by atoms with van der Waals surface area (Å²) < 4.78 is 13.4. The van der Waals surface area contributed by atoms with Gasteiger partial charge >= 0.3 is 0 Å². The standard InChI is InChI=1S/C27H28FN3O3/c1-4-22(26(33)29-17(2)3)30(15-18-11-13-20(28)14-12-18)24(32)16-31-23-10-6-8-19-7-5-9-21(25(19)23)27(31)34/h5-14,17,22H,4,15-16H2,1-3H3,(H,29,33)/t22-/m0/s1. The zero-order valence-corrected chi connectivity index (χ0v) is 19.5. The van der Waals surface area contributed by atoms with E-state index in [0.29, 0.717) is 23.2 Å². The predicted molar refractivity (Wildman–Crippen MR) is 130 cm³/mol. The van der Waals surface area contributed by atoms with Crippen molar-refractivity contribution in [1.82, 2.24) is 10.2 Å². The van der Waals surface area contributed by atoms with Gasteiger partial charge in [0.1, 0.15) is 18.4 Å². The summed E-state index contributed by atoms with van der Waals surface area (Å²) in [5.74, 6) is -1.22. The Balaban J connectivity index is 1.65. The van der Waals surface area contributed by atoms with Crippen LogP contribution in [0.3, 0.4) is 0 Å². The van der Waals surface area contributed by atoms with Crippen LogP contribution in [0.4, 0.5) is 10.1 Å². The van der Waals surface area contributed by atoms with Gasteiger partial charge in [-0.2, -0.15) is 0 Å². The number of amides is 3. The molecule has 7 heteroatoms. The summed E-state index contributed by atoms with van der Waals surface area (Å²) in [5.41, 5.74) is 1.95. The minimum atomic E-state index is -0.726. The van der Waals surface area contributed by atoms with Crippen molar-refractivity contribution in [1.29, 1.82) is 0 Å². The Hall–Kier alpha value is -3.74. The van der Waals surface area contributed by atoms with E-state index in [9.17, 15) is 18.8 Å². The van der Waals surface area contributed by atoms with E-state index in [1.807, 2.05) is 51.1 Å². The Kier molecular flexibility index (Phi) is 6.63. The fourth-order valence-electron chi connectivity index (χ4n) is 4.45. The molecule has 0 aromatic heterocycles. The number of benzene rings is 3. The number of anilines is 1. The Labute approximate surface area is 198 Å². The smallest absolute Gasteiger partial charge is 0.259 e. The highest BCUT2D eigenvalue weighted by Crippen LogP contribution is 2.37. The highest BCUT2D eigenvalue weighted by Gasteiger charge is 2.35. The van der Waals surface area contributed by atoms with E-state index < -0.39 is 6.04 Å². The van der Waals surface area contributed by atoms with Crippen molar-refractivity contribution in [3.63, 3.8) is 0 Å². The molecule has 1 N–H and O–H groups in total. The number of halogens is 1. The van der Waals surface area contributed by atoms with E-state index in [4.69, 9.17) is 0 Å². The maximum absolute atomic E-state index is 13.7. The van der Waals surface area contributed by atoms with Crippen LogP contribution in [-0.2, 0) is 16.1 Å². The van der Waals surface area contributed by atoms with Gasteiger partial charge in [-0.25, -0.2) is 4.39 Å². The van der Waals surface area contributed by atoms with Crippen LogP contribution >= 0.6 is 0 Å². The summed E-state index contributed by atoms with van der Waals surface area (Å²) in [7, 11) is 0. The first kappa shape index (κ1) is 23.4. The van der Waals surface area contributed by atoms with Crippen molar-refractivity contribution in [3.05, 3.63) is 77.6 Å². The summed E-state index contributed by atoms with van der Waals surface area (Å²) in [6.45, 7) is 5.49. The highest BCUT2D eigenvalue weighted by molar-refractivity contribution is 6.26. The lowest BCUT2D eigenvalue weighted by atomic mass is 10.1. The molecule has 6 nitrogen and oxygen atoms in total. The number of rotatable bonds is 8. The summed E-state index contributed by atoms with van der Waals surface area (Å²) in [6.07, 6.45) is 0.398. The van der Waals surface area contributed by atoms with E-state index in [1.54, 1.807) is 18.2 Å². The molecule has 0 radical (unpaired) electrons. The predicted octanol–water partition coefficient (Wildman–Crippen LogP) is 4.27. The van der Waals surface area contributed by atoms with E-state index in [1.165, 1.54) is 21.9 Å². The van der Waals surface area contributed by atoms with Crippen LogP contribution in [0.15, 0.2) is 60.7 Å². The summed E-state index contributed by atoms with van der Waals surface area (Å²) >= 11 is 0. The number of nitrogens with one attached hydrogen (secondary N) is 1. The number of hydrogen-bond acceptors (Lipinski definition) is 3. The van der Waals surface area contributed by atoms with Crippen molar-refractivity contribution in [2.75, 3.05) is 11.4 Å². The van der Waals surface area contributed by atoms with Crippen LogP contribution in [0, 0.1) is 5.82 Å². The fraction of sp³-hybridized carbons (Fsp3) is 0.296. The molecule has 0 spiro atoms. The van der Waals surface area contributed by atoms with E-state index >= 15 is 0 Å². The first-order valence-electron chi connectivity index (χ1n) is 11.5. The van der Waals surface area contributed by atoms with Crippen molar-refractivity contribution < 1.29 is 18.8 Å². The van der Waals surface area contributed by atoms with Gasteiger partial charge in [-0.15, -0.1) is 0 Å². The summed E-state index contributed by atoms with van der Waals surface area (Å²) in [6, 6.07) is 16.2. The molecule has 0 unspecified atom stereocenters. The van der Waals surface area contributed by atoms with Gasteiger partial charge in [-0.3, -0.25) is 19.3 Å². The molecule has 4 rings (SSSR count). The molecule has 0 saturated heterocycles. The summed E-state index contributed by atoms with van der Waals surface area (Å²) in [4.78, 5) is 42.8.